The van der Waals surface area contributed by atoms with E-state index in [1.165, 1.54) is 18.2 Å². The van der Waals surface area contributed by atoms with Crippen molar-refractivity contribution < 1.29 is 14.5 Å². The molecule has 0 unspecified atom stereocenters. The number of carbonyl (C=O) groups excluding carboxylic acids is 2. The van der Waals surface area contributed by atoms with Crippen molar-refractivity contribution in [3.05, 3.63) is 34.4 Å². The average molecular weight is 334 g/mol. The van der Waals surface area contributed by atoms with Crippen molar-refractivity contribution in [1.29, 1.82) is 0 Å². The average Bonchev–Trinajstić information content (AvgIpc) is 2.76. The topological polar surface area (TPSA) is 105 Å². The molecule has 1 heterocycles. The Morgan fingerprint density at radius 2 is 2.12 bits per heavy atom. The summed E-state index contributed by atoms with van der Waals surface area (Å²) in [7, 11) is 0. The summed E-state index contributed by atoms with van der Waals surface area (Å²) >= 11 is 0. The molecule has 0 aliphatic carbocycles. The van der Waals surface area contributed by atoms with E-state index in [0.29, 0.717) is 31.6 Å². The Morgan fingerprint density at radius 1 is 1.29 bits per heavy atom. The predicted molar refractivity (Wildman–Crippen MR) is 89.8 cm³/mol. The van der Waals surface area contributed by atoms with Gasteiger partial charge in [-0.2, -0.15) is 0 Å². The summed E-state index contributed by atoms with van der Waals surface area (Å²) in [5, 5.41) is 15.9. The summed E-state index contributed by atoms with van der Waals surface area (Å²) in [6.45, 7) is 1.86. The highest BCUT2D eigenvalue weighted by Gasteiger charge is 2.15. The van der Waals surface area contributed by atoms with Crippen LogP contribution >= 0.6 is 0 Å². The Labute approximate surface area is 140 Å². The summed E-state index contributed by atoms with van der Waals surface area (Å²) < 4.78 is 0. The Balaban J connectivity index is 1.70. The summed E-state index contributed by atoms with van der Waals surface area (Å²) in [5.41, 5.74) is 0.289. The molecule has 1 aliphatic heterocycles. The maximum Gasteiger partial charge on any atom is 0.319 e. The van der Waals surface area contributed by atoms with Gasteiger partial charge >= 0.3 is 6.03 Å². The van der Waals surface area contributed by atoms with Crippen molar-refractivity contribution >= 4 is 23.3 Å². The number of carbonyl (C=O) groups is 2. The molecule has 8 nitrogen and oxygen atoms in total. The molecule has 1 aromatic carbocycles. The summed E-state index contributed by atoms with van der Waals surface area (Å²) in [6, 6.07) is 5.34. The molecule has 0 saturated carbocycles. The van der Waals surface area contributed by atoms with Crippen molar-refractivity contribution in [3.63, 3.8) is 0 Å². The van der Waals surface area contributed by atoms with E-state index in [1.54, 1.807) is 6.07 Å². The van der Waals surface area contributed by atoms with Crippen molar-refractivity contribution in [1.82, 2.24) is 10.2 Å². The number of likely N-dealkylation sites (tertiary alicyclic amines) is 1. The number of hydrogen-bond donors (Lipinski definition) is 2. The van der Waals surface area contributed by atoms with Gasteiger partial charge in [-0.1, -0.05) is 12.5 Å². The highest BCUT2D eigenvalue weighted by atomic mass is 16.6. The Morgan fingerprint density at radius 3 is 2.92 bits per heavy atom. The number of hydrogen-bond acceptors (Lipinski definition) is 4. The normalized spacial score (nSPS) is 14.8. The van der Waals surface area contributed by atoms with Crippen molar-refractivity contribution in [3.8, 4) is 0 Å². The van der Waals surface area contributed by atoms with Gasteiger partial charge in [0.1, 0.15) is 0 Å². The van der Waals surface area contributed by atoms with Gasteiger partial charge in [0.2, 0.25) is 5.91 Å². The number of anilines is 1. The first kappa shape index (κ1) is 17.7. The van der Waals surface area contributed by atoms with E-state index in [0.717, 1.165) is 25.8 Å². The number of nitro groups is 1. The first-order valence-electron chi connectivity index (χ1n) is 8.13. The standard InChI is InChI=1S/C16H22N4O4/c21-15-8-2-1-3-10-19(15)11-5-9-17-16(22)18-13-6-4-7-14(12-13)20(23)24/h4,6-7,12H,1-3,5,8-11H2,(H2,17,18,22). The van der Waals surface area contributed by atoms with Gasteiger partial charge in [0.05, 0.1) is 4.92 Å². The van der Waals surface area contributed by atoms with Gasteiger partial charge in [0.25, 0.3) is 5.69 Å². The van der Waals surface area contributed by atoms with E-state index in [9.17, 15) is 19.7 Å². The largest absolute Gasteiger partial charge is 0.343 e. The highest BCUT2D eigenvalue weighted by Crippen LogP contribution is 2.16. The van der Waals surface area contributed by atoms with Crippen LogP contribution in [0.2, 0.25) is 0 Å². The van der Waals surface area contributed by atoms with E-state index in [2.05, 4.69) is 10.6 Å². The molecule has 0 spiro atoms. The van der Waals surface area contributed by atoms with Gasteiger partial charge in [-0.15, -0.1) is 0 Å². The second-order valence-corrected chi connectivity index (χ2v) is 5.73. The van der Waals surface area contributed by atoms with Gasteiger partial charge in [-0.05, 0) is 25.3 Å². The summed E-state index contributed by atoms with van der Waals surface area (Å²) in [5.74, 6) is 0.188. The lowest BCUT2D eigenvalue weighted by Gasteiger charge is -2.20. The van der Waals surface area contributed by atoms with Crippen LogP contribution in [0, 0.1) is 10.1 Å². The second-order valence-electron chi connectivity index (χ2n) is 5.73. The molecule has 2 N–H and O–H groups in total. The van der Waals surface area contributed by atoms with Crippen LogP contribution in [0.1, 0.15) is 32.1 Å². The molecule has 1 aromatic rings. The van der Waals surface area contributed by atoms with Crippen LogP contribution < -0.4 is 10.6 Å². The van der Waals surface area contributed by atoms with Gasteiger partial charge in [0.15, 0.2) is 0 Å². The zero-order valence-electron chi connectivity index (χ0n) is 13.5. The zero-order chi connectivity index (χ0) is 17.4. The molecule has 24 heavy (non-hydrogen) atoms. The first-order valence-corrected chi connectivity index (χ1v) is 8.13. The number of urea groups is 1. The third-order valence-corrected chi connectivity index (χ3v) is 3.88. The van der Waals surface area contributed by atoms with Crippen molar-refractivity contribution in [2.24, 2.45) is 0 Å². The molecular formula is C16H22N4O4. The monoisotopic (exact) mass is 334 g/mol. The van der Waals surface area contributed by atoms with Crippen LogP contribution in [-0.4, -0.2) is 41.4 Å². The number of nitrogens with zero attached hydrogens (tertiary/aromatic N) is 2. The lowest BCUT2D eigenvalue weighted by atomic mass is 10.2. The molecule has 0 atom stereocenters. The van der Waals surface area contributed by atoms with E-state index in [-0.39, 0.29) is 11.6 Å². The number of nitro benzene ring substituents is 1. The number of nitrogens with one attached hydrogen (secondary N) is 2. The second kappa shape index (κ2) is 8.85. The lowest BCUT2D eigenvalue weighted by Crippen LogP contribution is -2.35. The molecule has 0 radical (unpaired) electrons. The molecular weight excluding hydrogens is 312 g/mol. The molecule has 1 aliphatic rings. The first-order chi connectivity index (χ1) is 11.6. The van der Waals surface area contributed by atoms with Gasteiger partial charge < -0.3 is 15.5 Å². The maximum absolute atomic E-state index is 11.8. The van der Waals surface area contributed by atoms with Crippen LogP contribution in [0.25, 0.3) is 0 Å². The fourth-order valence-electron chi connectivity index (χ4n) is 2.62. The quantitative estimate of drug-likeness (QED) is 0.474. The van der Waals surface area contributed by atoms with Gasteiger partial charge in [-0.25, -0.2) is 4.79 Å². The summed E-state index contributed by atoms with van der Waals surface area (Å²) in [6.07, 6.45) is 4.37. The Hall–Kier alpha value is -2.64. The zero-order valence-corrected chi connectivity index (χ0v) is 13.5. The molecule has 0 bridgehead atoms. The van der Waals surface area contributed by atoms with Gasteiger partial charge in [0, 0.05) is 43.9 Å². The van der Waals surface area contributed by atoms with E-state index in [4.69, 9.17) is 0 Å². The lowest BCUT2D eigenvalue weighted by molar-refractivity contribution is -0.384. The molecule has 1 fully saturated rings. The number of rotatable bonds is 6. The van der Waals surface area contributed by atoms with Gasteiger partial charge in [-0.3, -0.25) is 14.9 Å². The Bertz CT molecular complexity index is 605. The van der Waals surface area contributed by atoms with Crippen LogP contribution in [0.4, 0.5) is 16.2 Å². The summed E-state index contributed by atoms with van der Waals surface area (Å²) in [4.78, 5) is 35.7. The minimum absolute atomic E-state index is 0.0764. The van der Waals surface area contributed by atoms with Crippen molar-refractivity contribution in [2.75, 3.05) is 25.0 Å². The van der Waals surface area contributed by atoms with E-state index >= 15 is 0 Å². The van der Waals surface area contributed by atoms with Crippen LogP contribution in [0.5, 0.6) is 0 Å². The Kier molecular flexibility index (Phi) is 6.53. The molecule has 130 valence electrons. The van der Waals surface area contributed by atoms with Crippen LogP contribution in [0.15, 0.2) is 24.3 Å². The van der Waals surface area contributed by atoms with Crippen LogP contribution in [0.3, 0.4) is 0 Å². The smallest absolute Gasteiger partial charge is 0.319 e. The fraction of sp³-hybridized carbons (Fsp3) is 0.500. The molecule has 2 rings (SSSR count). The molecule has 3 amide bonds. The van der Waals surface area contributed by atoms with E-state index in [1.807, 2.05) is 4.90 Å². The SMILES string of the molecule is O=C(NCCCN1CCCCCC1=O)Nc1cccc([N+](=O)[O-])c1. The third-order valence-electron chi connectivity index (χ3n) is 3.88. The molecule has 0 aromatic heterocycles. The molecule has 8 heteroatoms. The predicted octanol–water partition coefficient (Wildman–Crippen LogP) is 2.51. The minimum atomic E-state index is -0.513. The molecule has 1 saturated heterocycles. The highest BCUT2D eigenvalue weighted by molar-refractivity contribution is 5.89. The fourth-order valence-corrected chi connectivity index (χ4v) is 2.62. The van der Waals surface area contributed by atoms with Crippen molar-refractivity contribution in [2.45, 2.75) is 32.1 Å². The van der Waals surface area contributed by atoms with E-state index < -0.39 is 11.0 Å². The maximum atomic E-state index is 11.8. The number of benzene rings is 1. The minimum Gasteiger partial charge on any atom is -0.343 e. The van der Waals surface area contributed by atoms with Crippen LogP contribution in [-0.2, 0) is 4.79 Å². The number of non-ortho nitro benzene ring substituents is 1. The third kappa shape index (κ3) is 5.53. The number of amides is 3.